The molecule has 0 amide bonds. The van der Waals surface area contributed by atoms with Crippen molar-refractivity contribution >= 4 is 0 Å². The second-order valence-corrected chi connectivity index (χ2v) is 8.55. The maximum Gasteiger partial charge on any atom is 0.122 e. The molecule has 0 saturated carbocycles. The zero-order valence-electron chi connectivity index (χ0n) is 17.7. The molecule has 0 bridgehead atoms. The van der Waals surface area contributed by atoms with Crippen LogP contribution in [-0.2, 0) is 11.8 Å². The fourth-order valence-corrected chi connectivity index (χ4v) is 2.92. The van der Waals surface area contributed by atoms with Crippen molar-refractivity contribution in [1.82, 2.24) is 0 Å². The van der Waals surface area contributed by atoms with Crippen LogP contribution >= 0.6 is 0 Å². The van der Waals surface area contributed by atoms with Crippen molar-refractivity contribution in [2.75, 3.05) is 0 Å². The molecule has 2 rings (SSSR count). The number of para-hydroxylation sites is 1. The fourth-order valence-electron chi connectivity index (χ4n) is 2.92. The van der Waals surface area contributed by atoms with Crippen molar-refractivity contribution in [2.45, 2.75) is 79.1 Å². The maximum absolute atomic E-state index is 9.93. The fraction of sp³-hybridized carbons (Fsp3) is 0.500. The Kier molecular flexibility index (Phi) is 7.74. The molecule has 0 heterocycles. The van der Waals surface area contributed by atoms with Crippen LogP contribution in [0.4, 0.5) is 0 Å². The third-order valence-electron chi connectivity index (χ3n) is 4.62. The summed E-state index contributed by atoms with van der Waals surface area (Å²) in [6, 6.07) is 11.9. The van der Waals surface area contributed by atoms with Crippen molar-refractivity contribution in [2.24, 2.45) is 0 Å². The van der Waals surface area contributed by atoms with Crippen LogP contribution in [-0.4, -0.2) is 10.2 Å². The second-order valence-electron chi connectivity index (χ2n) is 8.55. The number of hydrogen-bond donors (Lipinski definition) is 2. The summed E-state index contributed by atoms with van der Waals surface area (Å²) in [6.45, 7) is 16.8. The molecule has 144 valence electrons. The van der Waals surface area contributed by atoms with Gasteiger partial charge in [-0.1, -0.05) is 85.7 Å². The van der Waals surface area contributed by atoms with Crippen molar-refractivity contribution in [3.63, 3.8) is 0 Å². The normalized spacial score (nSPS) is 11.5. The van der Waals surface area contributed by atoms with Gasteiger partial charge in [-0.3, -0.25) is 0 Å². The Labute approximate surface area is 159 Å². The molecule has 0 atom stereocenters. The standard InChI is InChI=1S/2C12H18O/c1-8(2)10-6-5-7-11(9(3)4)12(10)13;1-5-9-6-7-11(13)10(8-9)12(2,3)4/h5-9,13H,1-4H3;6-8,13H,5H2,1-4H3. The van der Waals surface area contributed by atoms with Gasteiger partial charge in [-0.05, 0) is 52.0 Å². The SMILES string of the molecule is CC(C)c1cccc(C(C)C)c1O.CCc1ccc(O)c(C(C)(C)C)c1. The number of aryl methyl sites for hydroxylation is 1. The predicted octanol–water partition coefficient (Wildman–Crippen LogP) is 6.89. The van der Waals surface area contributed by atoms with E-state index < -0.39 is 0 Å². The van der Waals surface area contributed by atoms with Gasteiger partial charge in [0.15, 0.2) is 0 Å². The first-order chi connectivity index (χ1) is 12.0. The average molecular weight is 357 g/mol. The molecule has 2 aromatic rings. The minimum Gasteiger partial charge on any atom is -0.508 e. The van der Waals surface area contributed by atoms with E-state index in [9.17, 15) is 10.2 Å². The molecule has 2 aromatic carbocycles. The topological polar surface area (TPSA) is 40.5 Å². The molecule has 26 heavy (non-hydrogen) atoms. The van der Waals surface area contributed by atoms with Crippen molar-refractivity contribution in [3.05, 3.63) is 58.7 Å². The van der Waals surface area contributed by atoms with Crippen molar-refractivity contribution in [3.8, 4) is 11.5 Å². The number of rotatable bonds is 3. The summed E-state index contributed by atoms with van der Waals surface area (Å²) in [5.41, 5.74) is 4.43. The average Bonchev–Trinajstić information content (AvgIpc) is 2.54. The van der Waals surface area contributed by atoms with E-state index in [0.29, 0.717) is 23.3 Å². The number of benzene rings is 2. The highest BCUT2D eigenvalue weighted by atomic mass is 16.3. The summed E-state index contributed by atoms with van der Waals surface area (Å²) >= 11 is 0. The Morgan fingerprint density at radius 3 is 1.73 bits per heavy atom. The van der Waals surface area contributed by atoms with Gasteiger partial charge < -0.3 is 10.2 Å². The lowest BCUT2D eigenvalue weighted by atomic mass is 9.85. The van der Waals surface area contributed by atoms with E-state index >= 15 is 0 Å². The Balaban J connectivity index is 0.000000260. The monoisotopic (exact) mass is 356 g/mol. The Hall–Kier alpha value is -1.96. The molecule has 0 aliphatic rings. The third-order valence-corrected chi connectivity index (χ3v) is 4.62. The van der Waals surface area contributed by atoms with Crippen LogP contribution in [0.1, 0.15) is 89.5 Å². The summed E-state index contributed by atoms with van der Waals surface area (Å²) in [5, 5.41) is 19.6. The molecule has 0 aliphatic carbocycles. The van der Waals surface area contributed by atoms with E-state index in [1.165, 1.54) is 5.56 Å². The van der Waals surface area contributed by atoms with Crippen LogP contribution in [0.15, 0.2) is 36.4 Å². The highest BCUT2D eigenvalue weighted by Crippen LogP contribution is 2.33. The zero-order valence-corrected chi connectivity index (χ0v) is 17.7. The minimum absolute atomic E-state index is 0.0231. The van der Waals surface area contributed by atoms with Gasteiger partial charge in [0.25, 0.3) is 0 Å². The molecule has 2 heteroatoms. The molecule has 0 radical (unpaired) electrons. The predicted molar refractivity (Wildman–Crippen MR) is 112 cm³/mol. The molecule has 0 aromatic heterocycles. The smallest absolute Gasteiger partial charge is 0.122 e. The van der Waals surface area contributed by atoms with Gasteiger partial charge in [0.1, 0.15) is 11.5 Å². The largest absolute Gasteiger partial charge is 0.508 e. The van der Waals surface area contributed by atoms with E-state index in [2.05, 4.69) is 61.5 Å². The van der Waals surface area contributed by atoms with Crippen LogP contribution < -0.4 is 0 Å². The van der Waals surface area contributed by atoms with Gasteiger partial charge in [-0.15, -0.1) is 0 Å². The number of phenolic OH excluding ortho intramolecular Hbond substituents is 2. The lowest BCUT2D eigenvalue weighted by Crippen LogP contribution is -2.11. The lowest BCUT2D eigenvalue weighted by Gasteiger charge is -2.21. The van der Waals surface area contributed by atoms with Crippen molar-refractivity contribution < 1.29 is 10.2 Å². The van der Waals surface area contributed by atoms with Crippen LogP contribution in [0.2, 0.25) is 0 Å². The summed E-state index contributed by atoms with van der Waals surface area (Å²) in [7, 11) is 0. The van der Waals surface area contributed by atoms with Gasteiger partial charge >= 0.3 is 0 Å². The third kappa shape index (κ3) is 5.79. The van der Waals surface area contributed by atoms with Gasteiger partial charge in [0, 0.05) is 0 Å². The molecule has 2 N–H and O–H groups in total. The number of aromatic hydroxyl groups is 2. The first-order valence-electron chi connectivity index (χ1n) is 9.63. The quantitative estimate of drug-likeness (QED) is 0.628. The molecule has 0 aliphatic heterocycles. The first kappa shape index (κ1) is 22.1. The second kappa shape index (κ2) is 9.12. The van der Waals surface area contributed by atoms with Gasteiger partial charge in [-0.2, -0.15) is 0 Å². The number of phenols is 2. The van der Waals surface area contributed by atoms with Crippen LogP contribution in [0, 0.1) is 0 Å². The summed E-state index contributed by atoms with van der Waals surface area (Å²) in [6.07, 6.45) is 1.02. The van der Waals surface area contributed by atoms with E-state index in [1.54, 1.807) is 6.07 Å². The first-order valence-corrected chi connectivity index (χ1v) is 9.63. The molecular formula is C24H36O2. The van der Waals surface area contributed by atoms with Gasteiger partial charge in [0.2, 0.25) is 0 Å². The molecule has 0 saturated heterocycles. The van der Waals surface area contributed by atoms with E-state index in [0.717, 1.165) is 23.1 Å². The van der Waals surface area contributed by atoms with E-state index in [1.807, 2.05) is 24.3 Å². The van der Waals surface area contributed by atoms with Crippen molar-refractivity contribution in [1.29, 1.82) is 0 Å². The van der Waals surface area contributed by atoms with E-state index in [4.69, 9.17) is 0 Å². The van der Waals surface area contributed by atoms with Crippen LogP contribution in [0.5, 0.6) is 11.5 Å². The molecule has 0 spiro atoms. The summed E-state index contributed by atoms with van der Waals surface area (Å²) < 4.78 is 0. The molecule has 0 fully saturated rings. The van der Waals surface area contributed by atoms with Crippen LogP contribution in [0.3, 0.4) is 0 Å². The summed E-state index contributed by atoms with van der Waals surface area (Å²) in [4.78, 5) is 0. The van der Waals surface area contributed by atoms with Gasteiger partial charge in [-0.25, -0.2) is 0 Å². The Bertz CT molecular complexity index is 680. The Morgan fingerprint density at radius 2 is 1.35 bits per heavy atom. The molecular weight excluding hydrogens is 320 g/mol. The number of hydrogen-bond acceptors (Lipinski definition) is 2. The van der Waals surface area contributed by atoms with E-state index in [-0.39, 0.29) is 5.41 Å². The maximum atomic E-state index is 9.93. The van der Waals surface area contributed by atoms with Crippen LogP contribution in [0.25, 0.3) is 0 Å². The highest BCUT2D eigenvalue weighted by molar-refractivity contribution is 5.43. The van der Waals surface area contributed by atoms with Gasteiger partial charge in [0.05, 0.1) is 0 Å². The zero-order chi connectivity index (χ0) is 20.1. The lowest BCUT2D eigenvalue weighted by molar-refractivity contribution is 0.446. The highest BCUT2D eigenvalue weighted by Gasteiger charge is 2.17. The Morgan fingerprint density at radius 1 is 0.846 bits per heavy atom. The molecule has 2 nitrogen and oxygen atoms in total. The summed E-state index contributed by atoms with van der Waals surface area (Å²) in [5.74, 6) is 1.66. The minimum atomic E-state index is 0.0231. The molecule has 0 unspecified atom stereocenters.